The predicted octanol–water partition coefficient (Wildman–Crippen LogP) is 2.81. The molecule has 1 heterocycles. The van der Waals surface area contributed by atoms with Crippen LogP contribution >= 0.6 is 15.9 Å². The van der Waals surface area contributed by atoms with Crippen LogP contribution in [0.5, 0.6) is 0 Å². The van der Waals surface area contributed by atoms with Gasteiger partial charge in [0.15, 0.2) is 0 Å². The topological polar surface area (TPSA) is 30.7 Å². The second kappa shape index (κ2) is 5.80. The number of hydrogen-bond donors (Lipinski definition) is 0. The molecule has 4 heteroatoms. The maximum absolute atomic E-state index is 4.05. The number of rotatable bonds is 5. The molecule has 0 saturated heterocycles. The van der Waals surface area contributed by atoms with Gasteiger partial charge >= 0.3 is 0 Å². The van der Waals surface area contributed by atoms with Crippen LogP contribution in [0.2, 0.25) is 0 Å². The van der Waals surface area contributed by atoms with Gasteiger partial charge in [-0.25, -0.2) is 0 Å². The van der Waals surface area contributed by atoms with Gasteiger partial charge < -0.3 is 0 Å². The van der Waals surface area contributed by atoms with Crippen molar-refractivity contribution >= 4 is 15.9 Å². The monoisotopic (exact) mass is 279 g/mol. The average molecular weight is 280 g/mol. The lowest BCUT2D eigenvalue weighted by Crippen LogP contribution is -2.00. The summed E-state index contributed by atoms with van der Waals surface area (Å²) in [5.41, 5.74) is 2.36. The minimum absolute atomic E-state index is 0.770. The Balaban J connectivity index is 1.80. The van der Waals surface area contributed by atoms with Crippen LogP contribution in [0, 0.1) is 0 Å². The van der Waals surface area contributed by atoms with Gasteiger partial charge in [0.05, 0.1) is 5.69 Å². The van der Waals surface area contributed by atoms with Crippen LogP contribution < -0.4 is 0 Å². The first-order valence-corrected chi connectivity index (χ1v) is 6.49. The number of nitrogens with zero attached hydrogens (tertiary/aromatic N) is 3. The van der Waals surface area contributed by atoms with Gasteiger partial charge in [0.1, 0.15) is 0 Å². The predicted molar refractivity (Wildman–Crippen MR) is 67.4 cm³/mol. The highest BCUT2D eigenvalue weighted by Gasteiger charge is 1.98. The molecule has 0 N–H and O–H groups in total. The second-order valence-corrected chi connectivity index (χ2v) is 4.26. The van der Waals surface area contributed by atoms with Gasteiger partial charge in [0.2, 0.25) is 0 Å². The molecule has 1 aromatic carbocycles. The van der Waals surface area contributed by atoms with Crippen molar-refractivity contribution in [2.24, 2.45) is 0 Å². The van der Waals surface area contributed by atoms with Crippen LogP contribution in [0.3, 0.4) is 0 Å². The molecule has 0 fully saturated rings. The molecule has 0 aliphatic carbocycles. The highest BCUT2D eigenvalue weighted by atomic mass is 79.9. The van der Waals surface area contributed by atoms with E-state index in [2.05, 4.69) is 50.5 Å². The highest BCUT2D eigenvalue weighted by molar-refractivity contribution is 9.08. The number of aryl methyl sites for hydroxylation is 2. The van der Waals surface area contributed by atoms with E-state index in [0.717, 1.165) is 30.4 Å². The summed E-state index contributed by atoms with van der Waals surface area (Å²) in [5, 5.41) is 8.85. The Morgan fingerprint density at radius 3 is 2.69 bits per heavy atom. The SMILES string of the molecule is BrCc1cn(CCCc2ccccc2)nn1. The summed E-state index contributed by atoms with van der Waals surface area (Å²) >= 11 is 3.36. The lowest BCUT2D eigenvalue weighted by molar-refractivity contribution is 0.558. The Morgan fingerprint density at radius 2 is 2.00 bits per heavy atom. The highest BCUT2D eigenvalue weighted by Crippen LogP contribution is 2.04. The molecule has 0 spiro atoms. The van der Waals surface area contributed by atoms with Crippen LogP contribution in [0.1, 0.15) is 17.7 Å². The van der Waals surface area contributed by atoms with E-state index in [1.165, 1.54) is 5.56 Å². The molecule has 2 rings (SSSR count). The summed E-state index contributed by atoms with van der Waals surface area (Å²) in [4.78, 5) is 0. The summed E-state index contributed by atoms with van der Waals surface area (Å²) in [6.45, 7) is 0.925. The molecule has 84 valence electrons. The molecule has 0 aliphatic heterocycles. The summed E-state index contributed by atoms with van der Waals surface area (Å²) in [7, 11) is 0. The minimum atomic E-state index is 0.770. The standard InChI is InChI=1S/C12H14BrN3/c13-9-12-10-16(15-14-12)8-4-7-11-5-2-1-3-6-11/h1-3,5-6,10H,4,7-9H2. The summed E-state index contributed by atoms with van der Waals surface area (Å²) in [6.07, 6.45) is 4.17. The molecule has 2 aromatic rings. The van der Waals surface area contributed by atoms with Gasteiger partial charge in [-0.15, -0.1) is 5.10 Å². The number of halogens is 1. The Morgan fingerprint density at radius 1 is 1.19 bits per heavy atom. The molecule has 0 radical (unpaired) electrons. The first-order valence-electron chi connectivity index (χ1n) is 5.37. The third-order valence-electron chi connectivity index (χ3n) is 2.42. The fourth-order valence-corrected chi connectivity index (χ4v) is 1.86. The van der Waals surface area contributed by atoms with Crippen LogP contribution in [-0.4, -0.2) is 15.0 Å². The van der Waals surface area contributed by atoms with Crippen molar-refractivity contribution in [3.8, 4) is 0 Å². The van der Waals surface area contributed by atoms with Gasteiger partial charge in [0.25, 0.3) is 0 Å². The quantitative estimate of drug-likeness (QED) is 0.788. The van der Waals surface area contributed by atoms with E-state index >= 15 is 0 Å². The smallest absolute Gasteiger partial charge is 0.0932 e. The van der Waals surface area contributed by atoms with E-state index in [0.29, 0.717) is 0 Å². The molecule has 0 amide bonds. The van der Waals surface area contributed by atoms with Crippen molar-refractivity contribution in [1.82, 2.24) is 15.0 Å². The molecule has 3 nitrogen and oxygen atoms in total. The summed E-state index contributed by atoms with van der Waals surface area (Å²) < 4.78 is 1.90. The van der Waals surface area contributed by atoms with Gasteiger partial charge in [-0.05, 0) is 18.4 Å². The van der Waals surface area contributed by atoms with E-state index in [1.54, 1.807) is 0 Å². The zero-order valence-electron chi connectivity index (χ0n) is 9.01. The van der Waals surface area contributed by atoms with Crippen molar-refractivity contribution in [3.63, 3.8) is 0 Å². The number of aromatic nitrogens is 3. The van der Waals surface area contributed by atoms with Crippen LogP contribution in [0.4, 0.5) is 0 Å². The van der Waals surface area contributed by atoms with Crippen molar-refractivity contribution in [1.29, 1.82) is 0 Å². The van der Waals surface area contributed by atoms with Crippen molar-refractivity contribution < 1.29 is 0 Å². The van der Waals surface area contributed by atoms with Crippen molar-refractivity contribution in [2.75, 3.05) is 0 Å². The maximum Gasteiger partial charge on any atom is 0.0932 e. The fourth-order valence-electron chi connectivity index (χ4n) is 1.60. The molecule has 0 atom stereocenters. The van der Waals surface area contributed by atoms with E-state index < -0.39 is 0 Å². The van der Waals surface area contributed by atoms with E-state index in [9.17, 15) is 0 Å². The Kier molecular flexibility index (Phi) is 4.10. The van der Waals surface area contributed by atoms with Gasteiger partial charge in [-0.1, -0.05) is 51.5 Å². The molecule has 0 aliphatic rings. The second-order valence-electron chi connectivity index (χ2n) is 3.70. The molecule has 1 aromatic heterocycles. The first-order chi connectivity index (χ1) is 7.88. The van der Waals surface area contributed by atoms with Crippen LogP contribution in [0.15, 0.2) is 36.5 Å². The lowest BCUT2D eigenvalue weighted by atomic mass is 10.1. The Hall–Kier alpha value is -1.16. The molecule has 16 heavy (non-hydrogen) atoms. The Labute approximate surface area is 104 Å². The van der Waals surface area contributed by atoms with Crippen LogP contribution in [-0.2, 0) is 18.3 Å². The van der Waals surface area contributed by atoms with E-state index in [1.807, 2.05) is 16.9 Å². The fraction of sp³-hybridized carbons (Fsp3) is 0.333. The Bertz CT molecular complexity index is 425. The van der Waals surface area contributed by atoms with Gasteiger partial charge in [0, 0.05) is 18.1 Å². The normalized spacial score (nSPS) is 10.6. The molecular formula is C12H14BrN3. The molecule has 0 unspecified atom stereocenters. The first kappa shape index (κ1) is 11.3. The van der Waals surface area contributed by atoms with Crippen molar-refractivity contribution in [2.45, 2.75) is 24.7 Å². The van der Waals surface area contributed by atoms with Crippen LogP contribution in [0.25, 0.3) is 0 Å². The van der Waals surface area contributed by atoms with E-state index in [4.69, 9.17) is 0 Å². The van der Waals surface area contributed by atoms with Gasteiger partial charge in [-0.2, -0.15) is 0 Å². The average Bonchev–Trinajstić information content (AvgIpc) is 2.78. The summed E-state index contributed by atoms with van der Waals surface area (Å²) in [5.74, 6) is 0. The third-order valence-corrected chi connectivity index (χ3v) is 2.99. The zero-order chi connectivity index (χ0) is 11.2. The summed E-state index contributed by atoms with van der Waals surface area (Å²) in [6, 6.07) is 10.5. The lowest BCUT2D eigenvalue weighted by Gasteiger charge is -2.00. The maximum atomic E-state index is 4.05. The zero-order valence-corrected chi connectivity index (χ0v) is 10.6. The van der Waals surface area contributed by atoms with Gasteiger partial charge in [-0.3, -0.25) is 4.68 Å². The molecule has 0 saturated carbocycles. The third kappa shape index (κ3) is 3.17. The molecule has 0 bridgehead atoms. The number of benzene rings is 1. The van der Waals surface area contributed by atoms with E-state index in [-0.39, 0.29) is 0 Å². The number of alkyl halides is 1. The van der Waals surface area contributed by atoms with Crippen molar-refractivity contribution in [3.05, 3.63) is 47.8 Å². The minimum Gasteiger partial charge on any atom is -0.252 e. The largest absolute Gasteiger partial charge is 0.252 e. The molecular weight excluding hydrogens is 266 g/mol. The number of hydrogen-bond acceptors (Lipinski definition) is 2.